The molecule has 0 aliphatic carbocycles. The molecule has 176 valence electrons. The molecule has 1 aliphatic rings. The Hall–Kier alpha value is -3.38. The second-order valence-corrected chi connectivity index (χ2v) is 9.49. The normalized spacial score (nSPS) is 14.4. The van der Waals surface area contributed by atoms with Gasteiger partial charge >= 0.3 is 6.03 Å². The van der Waals surface area contributed by atoms with Crippen molar-refractivity contribution in [2.45, 2.75) is 24.3 Å². The monoisotopic (exact) mass is 474 g/mol. The lowest BCUT2D eigenvalue weighted by atomic mass is 10.3. The molecule has 11 nitrogen and oxygen atoms in total. The zero-order valence-corrected chi connectivity index (χ0v) is 19.3. The first-order valence-electron chi connectivity index (χ1n) is 10.5. The maximum Gasteiger partial charge on any atom is 0.319 e. The molecule has 3 aromatic rings. The summed E-state index contributed by atoms with van der Waals surface area (Å²) in [6.07, 6.45) is 1.76. The van der Waals surface area contributed by atoms with Crippen LogP contribution in [0.15, 0.2) is 41.3 Å². The predicted molar refractivity (Wildman–Crippen MR) is 122 cm³/mol. The van der Waals surface area contributed by atoms with Crippen molar-refractivity contribution in [3.8, 4) is 11.5 Å². The number of carbonyl (C=O) groups is 1. The molecular weight excluding hydrogens is 448 g/mol. The van der Waals surface area contributed by atoms with E-state index in [1.807, 2.05) is 0 Å². The Labute approximate surface area is 191 Å². The highest BCUT2D eigenvalue weighted by molar-refractivity contribution is 7.89. The molecule has 33 heavy (non-hydrogen) atoms. The van der Waals surface area contributed by atoms with Gasteiger partial charge in [-0.25, -0.2) is 17.9 Å². The van der Waals surface area contributed by atoms with E-state index < -0.39 is 16.1 Å². The summed E-state index contributed by atoms with van der Waals surface area (Å²) in [7, 11) is -0.449. The number of sulfonamides is 1. The van der Waals surface area contributed by atoms with Gasteiger partial charge in [-0.05, 0) is 31.0 Å². The van der Waals surface area contributed by atoms with E-state index in [1.165, 1.54) is 18.5 Å². The minimum absolute atomic E-state index is 0.218. The molecule has 0 atom stereocenters. The van der Waals surface area contributed by atoms with E-state index in [4.69, 9.17) is 9.47 Å². The Morgan fingerprint density at radius 1 is 1.06 bits per heavy atom. The van der Waals surface area contributed by atoms with E-state index in [0.29, 0.717) is 54.4 Å². The van der Waals surface area contributed by atoms with Crippen LogP contribution in [0.5, 0.6) is 11.5 Å². The van der Waals surface area contributed by atoms with E-state index in [1.54, 1.807) is 41.1 Å². The van der Waals surface area contributed by atoms with Crippen LogP contribution in [0.25, 0.3) is 11.0 Å². The van der Waals surface area contributed by atoms with Crippen LogP contribution in [-0.2, 0) is 16.6 Å². The van der Waals surface area contributed by atoms with E-state index in [-0.39, 0.29) is 4.90 Å². The zero-order chi connectivity index (χ0) is 23.4. The number of nitrogens with zero attached hydrogens (tertiary/aromatic N) is 4. The number of benzene rings is 2. The number of aromatic nitrogens is 3. The quantitative estimate of drug-likeness (QED) is 0.511. The molecule has 1 saturated heterocycles. The molecule has 0 spiro atoms. The van der Waals surface area contributed by atoms with Crippen LogP contribution in [0.1, 0.15) is 12.8 Å². The van der Waals surface area contributed by atoms with Crippen LogP contribution in [0.4, 0.5) is 10.5 Å². The SMILES string of the molecule is COc1cc(NC(=O)NCCn2nnc3cc(S(=O)(=O)N4CCCC4)ccc32)cc(OC)c1. The van der Waals surface area contributed by atoms with Gasteiger partial charge in [-0.1, -0.05) is 5.21 Å². The highest BCUT2D eigenvalue weighted by Gasteiger charge is 2.27. The topological polar surface area (TPSA) is 128 Å². The number of amides is 2. The first kappa shape index (κ1) is 22.8. The van der Waals surface area contributed by atoms with E-state index >= 15 is 0 Å². The second kappa shape index (κ2) is 9.63. The minimum atomic E-state index is -3.52. The molecule has 4 rings (SSSR count). The molecule has 1 aliphatic heterocycles. The fraction of sp³-hybridized carbons (Fsp3) is 0.381. The summed E-state index contributed by atoms with van der Waals surface area (Å²) in [5, 5.41) is 13.7. The molecule has 0 unspecified atom stereocenters. The third-order valence-corrected chi connectivity index (χ3v) is 7.30. The van der Waals surface area contributed by atoms with Gasteiger partial charge in [0.25, 0.3) is 0 Å². The Kier molecular flexibility index (Phi) is 6.65. The summed E-state index contributed by atoms with van der Waals surface area (Å²) in [4.78, 5) is 12.5. The highest BCUT2D eigenvalue weighted by atomic mass is 32.2. The number of hydrogen-bond donors (Lipinski definition) is 2. The number of methoxy groups -OCH3 is 2. The number of urea groups is 1. The van der Waals surface area contributed by atoms with E-state index in [2.05, 4.69) is 20.9 Å². The van der Waals surface area contributed by atoms with Crippen LogP contribution in [0.2, 0.25) is 0 Å². The average molecular weight is 475 g/mol. The maximum absolute atomic E-state index is 12.8. The zero-order valence-electron chi connectivity index (χ0n) is 18.4. The molecule has 2 heterocycles. The number of nitrogens with one attached hydrogen (secondary N) is 2. The predicted octanol–water partition coefficient (Wildman–Crippen LogP) is 2.05. The summed E-state index contributed by atoms with van der Waals surface area (Å²) in [5.74, 6) is 1.12. The van der Waals surface area contributed by atoms with Crippen LogP contribution >= 0.6 is 0 Å². The van der Waals surface area contributed by atoms with Gasteiger partial charge in [-0.15, -0.1) is 5.10 Å². The van der Waals surface area contributed by atoms with Crippen molar-refractivity contribution in [2.24, 2.45) is 0 Å². The Morgan fingerprint density at radius 2 is 1.76 bits per heavy atom. The van der Waals surface area contributed by atoms with Crippen molar-refractivity contribution in [2.75, 3.05) is 39.2 Å². The molecule has 12 heteroatoms. The summed E-state index contributed by atoms with van der Waals surface area (Å²) in [6, 6.07) is 9.49. The number of fused-ring (bicyclic) bond motifs is 1. The molecule has 0 saturated carbocycles. The third kappa shape index (κ3) is 5.01. The molecule has 1 aromatic heterocycles. The van der Waals surface area contributed by atoms with E-state index in [0.717, 1.165) is 12.8 Å². The summed E-state index contributed by atoms with van der Waals surface area (Å²) in [5.41, 5.74) is 1.71. The smallest absolute Gasteiger partial charge is 0.319 e. The lowest BCUT2D eigenvalue weighted by molar-refractivity contribution is 0.251. The lowest BCUT2D eigenvalue weighted by Gasteiger charge is -2.15. The van der Waals surface area contributed by atoms with Crippen LogP contribution < -0.4 is 20.1 Å². The van der Waals surface area contributed by atoms with Gasteiger partial charge in [-0.3, -0.25) is 0 Å². The largest absolute Gasteiger partial charge is 0.497 e. The van der Waals surface area contributed by atoms with Crippen LogP contribution in [-0.4, -0.2) is 67.6 Å². The van der Waals surface area contributed by atoms with Crippen molar-refractivity contribution >= 4 is 32.8 Å². The minimum Gasteiger partial charge on any atom is -0.497 e. The Bertz CT molecular complexity index is 1230. The Morgan fingerprint density at radius 3 is 2.42 bits per heavy atom. The van der Waals surface area contributed by atoms with Crippen molar-refractivity contribution in [3.63, 3.8) is 0 Å². The molecule has 0 radical (unpaired) electrons. The number of ether oxygens (including phenoxy) is 2. The first-order chi connectivity index (χ1) is 15.9. The first-order valence-corrected chi connectivity index (χ1v) is 12.0. The summed E-state index contributed by atoms with van der Waals surface area (Å²) in [6.45, 7) is 1.75. The fourth-order valence-electron chi connectivity index (χ4n) is 3.69. The van der Waals surface area contributed by atoms with Crippen LogP contribution in [0.3, 0.4) is 0 Å². The molecule has 2 N–H and O–H groups in total. The highest BCUT2D eigenvalue weighted by Crippen LogP contribution is 2.26. The van der Waals surface area contributed by atoms with Crippen molar-refractivity contribution in [1.29, 1.82) is 0 Å². The molecular formula is C21H26N6O5S. The number of carbonyl (C=O) groups excluding carboxylic acids is 1. The molecule has 2 aromatic carbocycles. The average Bonchev–Trinajstić information content (AvgIpc) is 3.49. The second-order valence-electron chi connectivity index (χ2n) is 7.56. The molecule has 2 amide bonds. The standard InChI is InChI=1S/C21H26N6O5S/c1-31-16-11-15(12-17(13-16)32-2)23-21(28)22-7-10-27-20-6-5-18(14-19(20)24-25-27)33(29,30)26-8-3-4-9-26/h5-6,11-14H,3-4,7-10H2,1-2H3,(H2,22,23,28). The third-order valence-electron chi connectivity index (χ3n) is 5.41. The van der Waals surface area contributed by atoms with Gasteiger partial charge in [-0.2, -0.15) is 4.31 Å². The number of rotatable bonds is 8. The number of hydrogen-bond acceptors (Lipinski definition) is 7. The van der Waals surface area contributed by atoms with Crippen molar-refractivity contribution in [3.05, 3.63) is 36.4 Å². The Balaban J connectivity index is 1.37. The van der Waals surface area contributed by atoms with Gasteiger partial charge in [0.05, 0.1) is 31.2 Å². The van der Waals surface area contributed by atoms with Gasteiger partial charge in [0.2, 0.25) is 10.0 Å². The summed E-state index contributed by atoms with van der Waals surface area (Å²) < 4.78 is 39.0. The number of anilines is 1. The molecule has 1 fully saturated rings. The van der Waals surface area contributed by atoms with Gasteiger partial charge in [0.15, 0.2) is 0 Å². The summed E-state index contributed by atoms with van der Waals surface area (Å²) >= 11 is 0. The van der Waals surface area contributed by atoms with Gasteiger partial charge < -0.3 is 20.1 Å². The maximum atomic E-state index is 12.8. The lowest BCUT2D eigenvalue weighted by Crippen LogP contribution is -2.31. The fourth-order valence-corrected chi connectivity index (χ4v) is 5.22. The van der Waals surface area contributed by atoms with Crippen LogP contribution in [0, 0.1) is 0 Å². The van der Waals surface area contributed by atoms with E-state index in [9.17, 15) is 13.2 Å². The molecule has 0 bridgehead atoms. The van der Waals surface area contributed by atoms with Gasteiger partial charge in [0.1, 0.15) is 17.0 Å². The van der Waals surface area contributed by atoms with Crippen molar-refractivity contribution < 1.29 is 22.7 Å². The van der Waals surface area contributed by atoms with Crippen molar-refractivity contribution in [1.82, 2.24) is 24.6 Å². The van der Waals surface area contributed by atoms with Gasteiger partial charge in [0, 0.05) is 43.5 Å².